The van der Waals surface area contributed by atoms with Crippen molar-refractivity contribution < 1.29 is 10.2 Å². The molecule has 1 rings (SSSR count). The Balaban J connectivity index is 2.93. The van der Waals surface area contributed by atoms with E-state index in [1.54, 1.807) is 6.07 Å². The van der Waals surface area contributed by atoms with E-state index in [-0.39, 0.29) is 11.7 Å². The Morgan fingerprint density at radius 2 is 1.78 bits per heavy atom. The van der Waals surface area contributed by atoms with Gasteiger partial charge in [0.25, 0.3) is 0 Å². The Labute approximate surface area is 111 Å². The first-order valence-electron chi connectivity index (χ1n) is 7.03. The SMILES string of the molecule is CCCCCCc1c(C)cc(O)c(C(C)C)c1O. The lowest BCUT2D eigenvalue weighted by molar-refractivity contribution is 0.427. The van der Waals surface area contributed by atoms with Crippen LogP contribution in [0.2, 0.25) is 0 Å². The number of aromatic hydroxyl groups is 2. The molecule has 1 aromatic rings. The fourth-order valence-electron chi connectivity index (χ4n) is 2.45. The van der Waals surface area contributed by atoms with Crippen LogP contribution >= 0.6 is 0 Å². The molecule has 0 heterocycles. The van der Waals surface area contributed by atoms with Crippen LogP contribution < -0.4 is 0 Å². The largest absolute Gasteiger partial charge is 0.508 e. The fourth-order valence-corrected chi connectivity index (χ4v) is 2.45. The first-order valence-corrected chi connectivity index (χ1v) is 7.03. The first kappa shape index (κ1) is 14.9. The lowest BCUT2D eigenvalue weighted by Crippen LogP contribution is -1.98. The third-order valence-corrected chi connectivity index (χ3v) is 3.50. The molecule has 0 saturated carbocycles. The molecule has 0 radical (unpaired) electrons. The van der Waals surface area contributed by atoms with Crippen LogP contribution in [0.5, 0.6) is 11.5 Å². The molecule has 0 aliphatic heterocycles. The molecular formula is C16H26O2. The van der Waals surface area contributed by atoms with Gasteiger partial charge in [0.15, 0.2) is 0 Å². The lowest BCUT2D eigenvalue weighted by Gasteiger charge is -2.17. The third kappa shape index (κ3) is 3.41. The molecule has 0 atom stereocenters. The average molecular weight is 250 g/mol. The fraction of sp³-hybridized carbons (Fsp3) is 0.625. The number of hydrogen-bond acceptors (Lipinski definition) is 2. The summed E-state index contributed by atoms with van der Waals surface area (Å²) >= 11 is 0. The summed E-state index contributed by atoms with van der Waals surface area (Å²) in [7, 11) is 0. The van der Waals surface area contributed by atoms with Gasteiger partial charge in [0.05, 0.1) is 0 Å². The van der Waals surface area contributed by atoms with Crippen molar-refractivity contribution in [1.82, 2.24) is 0 Å². The molecule has 0 saturated heterocycles. The van der Waals surface area contributed by atoms with Gasteiger partial charge in [-0.3, -0.25) is 0 Å². The van der Waals surface area contributed by atoms with Gasteiger partial charge in [-0.25, -0.2) is 0 Å². The lowest BCUT2D eigenvalue weighted by atomic mass is 9.92. The second kappa shape index (κ2) is 6.67. The highest BCUT2D eigenvalue weighted by Crippen LogP contribution is 2.39. The van der Waals surface area contributed by atoms with Gasteiger partial charge in [0.1, 0.15) is 11.5 Å². The molecule has 0 aliphatic carbocycles. The molecule has 2 heteroatoms. The highest BCUT2D eigenvalue weighted by molar-refractivity contribution is 5.54. The summed E-state index contributed by atoms with van der Waals surface area (Å²) in [5.74, 6) is 0.663. The molecule has 0 bridgehead atoms. The summed E-state index contributed by atoms with van der Waals surface area (Å²) in [4.78, 5) is 0. The molecule has 0 unspecified atom stereocenters. The quantitative estimate of drug-likeness (QED) is 0.721. The van der Waals surface area contributed by atoms with Crippen molar-refractivity contribution in [2.75, 3.05) is 0 Å². The number of phenols is 2. The van der Waals surface area contributed by atoms with E-state index in [1.807, 2.05) is 20.8 Å². The number of rotatable bonds is 6. The zero-order valence-electron chi connectivity index (χ0n) is 12.1. The molecule has 1 aromatic carbocycles. The molecule has 0 aromatic heterocycles. The minimum Gasteiger partial charge on any atom is -0.508 e. The van der Waals surface area contributed by atoms with Crippen LogP contribution in [0.15, 0.2) is 6.07 Å². The van der Waals surface area contributed by atoms with Gasteiger partial charge in [0, 0.05) is 5.56 Å². The van der Waals surface area contributed by atoms with Gasteiger partial charge in [-0.05, 0) is 42.9 Å². The molecule has 18 heavy (non-hydrogen) atoms. The first-order chi connectivity index (χ1) is 8.49. The molecule has 2 nitrogen and oxygen atoms in total. The predicted molar refractivity (Wildman–Crippen MR) is 76.4 cm³/mol. The summed E-state index contributed by atoms with van der Waals surface area (Å²) in [5, 5.41) is 20.2. The number of benzene rings is 1. The summed E-state index contributed by atoms with van der Waals surface area (Å²) in [6, 6.07) is 1.78. The van der Waals surface area contributed by atoms with Crippen molar-refractivity contribution >= 4 is 0 Å². The molecule has 102 valence electrons. The Bertz CT molecular complexity index is 395. The van der Waals surface area contributed by atoms with Crippen LogP contribution in [0.1, 0.15) is 69.1 Å². The van der Waals surface area contributed by atoms with E-state index in [1.165, 1.54) is 19.3 Å². The van der Waals surface area contributed by atoms with Crippen molar-refractivity contribution in [2.45, 2.75) is 65.7 Å². The zero-order chi connectivity index (χ0) is 13.7. The molecule has 0 aliphatic rings. The number of phenolic OH excluding ortho intramolecular Hbond substituents is 2. The molecule has 0 amide bonds. The maximum Gasteiger partial charge on any atom is 0.126 e. The summed E-state index contributed by atoms with van der Waals surface area (Å²) in [5.41, 5.74) is 2.68. The van der Waals surface area contributed by atoms with Gasteiger partial charge in [0.2, 0.25) is 0 Å². The number of hydrogen-bond donors (Lipinski definition) is 2. The smallest absolute Gasteiger partial charge is 0.126 e. The van der Waals surface area contributed by atoms with Gasteiger partial charge in [-0.15, -0.1) is 0 Å². The van der Waals surface area contributed by atoms with E-state index in [0.29, 0.717) is 11.3 Å². The van der Waals surface area contributed by atoms with Crippen LogP contribution in [-0.4, -0.2) is 10.2 Å². The van der Waals surface area contributed by atoms with E-state index < -0.39 is 0 Å². The number of unbranched alkanes of at least 4 members (excludes halogenated alkanes) is 3. The second-order valence-corrected chi connectivity index (χ2v) is 5.42. The van der Waals surface area contributed by atoms with E-state index in [9.17, 15) is 10.2 Å². The summed E-state index contributed by atoms with van der Waals surface area (Å²) < 4.78 is 0. The minimum absolute atomic E-state index is 0.139. The molecular weight excluding hydrogens is 224 g/mol. The van der Waals surface area contributed by atoms with Crippen molar-refractivity contribution in [1.29, 1.82) is 0 Å². The Kier molecular flexibility index (Phi) is 5.52. The Morgan fingerprint density at radius 1 is 1.11 bits per heavy atom. The van der Waals surface area contributed by atoms with Crippen molar-refractivity contribution in [3.63, 3.8) is 0 Å². The van der Waals surface area contributed by atoms with Crippen LogP contribution in [0.3, 0.4) is 0 Å². The maximum absolute atomic E-state index is 10.3. The standard InChI is InChI=1S/C16H26O2/c1-5-6-7-8-9-13-12(4)10-14(17)15(11(2)3)16(13)18/h10-11,17-18H,5-9H2,1-4H3. The monoisotopic (exact) mass is 250 g/mol. The molecule has 0 fully saturated rings. The Hall–Kier alpha value is -1.18. The van der Waals surface area contributed by atoms with Gasteiger partial charge < -0.3 is 10.2 Å². The van der Waals surface area contributed by atoms with Gasteiger partial charge >= 0.3 is 0 Å². The average Bonchev–Trinajstić information content (AvgIpc) is 2.26. The Morgan fingerprint density at radius 3 is 2.33 bits per heavy atom. The topological polar surface area (TPSA) is 40.5 Å². The van der Waals surface area contributed by atoms with Crippen molar-refractivity contribution in [3.8, 4) is 11.5 Å². The minimum atomic E-state index is 0.139. The number of aryl methyl sites for hydroxylation is 1. The maximum atomic E-state index is 10.3. The van der Waals surface area contributed by atoms with Crippen molar-refractivity contribution in [3.05, 3.63) is 22.8 Å². The summed E-state index contributed by atoms with van der Waals surface area (Å²) in [6.45, 7) is 8.13. The van der Waals surface area contributed by atoms with Crippen LogP contribution in [-0.2, 0) is 6.42 Å². The van der Waals surface area contributed by atoms with E-state index >= 15 is 0 Å². The third-order valence-electron chi connectivity index (χ3n) is 3.50. The molecule has 0 spiro atoms. The van der Waals surface area contributed by atoms with Crippen LogP contribution in [0.25, 0.3) is 0 Å². The highest BCUT2D eigenvalue weighted by Gasteiger charge is 2.17. The van der Waals surface area contributed by atoms with Gasteiger partial charge in [-0.1, -0.05) is 40.0 Å². The van der Waals surface area contributed by atoms with E-state index in [4.69, 9.17) is 0 Å². The predicted octanol–water partition coefficient (Wildman–Crippen LogP) is 4.65. The normalized spacial score (nSPS) is 11.2. The highest BCUT2D eigenvalue weighted by atomic mass is 16.3. The van der Waals surface area contributed by atoms with E-state index in [0.717, 1.165) is 24.0 Å². The van der Waals surface area contributed by atoms with Crippen LogP contribution in [0, 0.1) is 6.92 Å². The summed E-state index contributed by atoms with van der Waals surface area (Å²) in [6.07, 6.45) is 5.67. The van der Waals surface area contributed by atoms with E-state index in [2.05, 4.69) is 6.92 Å². The second-order valence-electron chi connectivity index (χ2n) is 5.42. The van der Waals surface area contributed by atoms with Crippen molar-refractivity contribution in [2.24, 2.45) is 0 Å². The van der Waals surface area contributed by atoms with Crippen LogP contribution in [0.4, 0.5) is 0 Å². The van der Waals surface area contributed by atoms with Gasteiger partial charge in [-0.2, -0.15) is 0 Å². The zero-order valence-corrected chi connectivity index (χ0v) is 12.1. The molecule has 2 N–H and O–H groups in total.